The summed E-state index contributed by atoms with van der Waals surface area (Å²) in [4.78, 5) is 0. The zero-order valence-corrected chi connectivity index (χ0v) is 11.3. The highest BCUT2D eigenvalue weighted by Crippen LogP contribution is 2.29. The Hall–Kier alpha value is -0.570. The summed E-state index contributed by atoms with van der Waals surface area (Å²) < 4.78 is 10.5. The summed E-state index contributed by atoms with van der Waals surface area (Å²) in [5, 5.41) is 0.710. The van der Waals surface area contributed by atoms with Crippen molar-refractivity contribution in [2.24, 2.45) is 0 Å². The van der Waals surface area contributed by atoms with Crippen molar-refractivity contribution >= 4 is 11.6 Å². The van der Waals surface area contributed by atoms with Crippen LogP contribution in [0.2, 0.25) is 5.02 Å². The fraction of sp³-hybridized carbons (Fsp3) is 0.538. The molecule has 0 aromatic heterocycles. The molecule has 0 bridgehead atoms. The number of methoxy groups -OCH3 is 2. The second kappa shape index (κ2) is 5.17. The van der Waals surface area contributed by atoms with Crippen molar-refractivity contribution < 1.29 is 9.47 Å². The van der Waals surface area contributed by atoms with Gasteiger partial charge < -0.3 is 9.47 Å². The molecule has 0 heterocycles. The molecule has 0 atom stereocenters. The maximum atomic E-state index is 6.10. The fourth-order valence-electron chi connectivity index (χ4n) is 1.55. The molecule has 1 rings (SSSR count). The first-order valence-electron chi connectivity index (χ1n) is 5.25. The third-order valence-corrected chi connectivity index (χ3v) is 2.70. The highest BCUT2D eigenvalue weighted by atomic mass is 35.5. The SMILES string of the molecule is COC(OC)c1cc(Cl)cc(C(C)(C)C)c1. The molecule has 0 saturated heterocycles. The number of halogens is 1. The van der Waals surface area contributed by atoms with Gasteiger partial charge in [-0.2, -0.15) is 0 Å². The van der Waals surface area contributed by atoms with E-state index in [9.17, 15) is 0 Å². The summed E-state index contributed by atoms with van der Waals surface area (Å²) >= 11 is 6.10. The summed E-state index contributed by atoms with van der Waals surface area (Å²) in [6, 6.07) is 5.92. The van der Waals surface area contributed by atoms with Crippen molar-refractivity contribution in [3.8, 4) is 0 Å². The summed E-state index contributed by atoms with van der Waals surface area (Å²) in [5.41, 5.74) is 2.18. The molecule has 0 aliphatic rings. The Balaban J connectivity index is 3.17. The molecule has 16 heavy (non-hydrogen) atoms. The van der Waals surface area contributed by atoms with Crippen LogP contribution >= 0.6 is 11.6 Å². The molecule has 0 unspecified atom stereocenters. The van der Waals surface area contributed by atoms with Gasteiger partial charge in [-0.1, -0.05) is 38.4 Å². The quantitative estimate of drug-likeness (QED) is 0.748. The van der Waals surface area contributed by atoms with Crippen LogP contribution < -0.4 is 0 Å². The van der Waals surface area contributed by atoms with Gasteiger partial charge in [-0.3, -0.25) is 0 Å². The zero-order chi connectivity index (χ0) is 12.3. The summed E-state index contributed by atoms with van der Waals surface area (Å²) in [6.07, 6.45) is -0.361. The molecule has 1 aromatic carbocycles. The maximum Gasteiger partial charge on any atom is 0.183 e. The average molecular weight is 243 g/mol. The van der Waals surface area contributed by atoms with Crippen molar-refractivity contribution in [1.29, 1.82) is 0 Å². The lowest BCUT2D eigenvalue weighted by Gasteiger charge is -2.22. The Labute approximate surface area is 103 Å². The van der Waals surface area contributed by atoms with Crippen LogP contribution in [0.1, 0.15) is 38.2 Å². The summed E-state index contributed by atoms with van der Waals surface area (Å²) in [7, 11) is 3.23. The van der Waals surface area contributed by atoms with Gasteiger partial charge in [0.25, 0.3) is 0 Å². The van der Waals surface area contributed by atoms with E-state index in [1.165, 1.54) is 5.56 Å². The molecule has 2 nitrogen and oxygen atoms in total. The highest BCUT2D eigenvalue weighted by molar-refractivity contribution is 6.30. The van der Waals surface area contributed by atoms with Gasteiger partial charge >= 0.3 is 0 Å². The minimum absolute atomic E-state index is 0.0612. The van der Waals surface area contributed by atoms with Gasteiger partial charge in [0.15, 0.2) is 6.29 Å². The lowest BCUT2D eigenvalue weighted by Crippen LogP contribution is -2.13. The number of rotatable bonds is 3. The van der Waals surface area contributed by atoms with Crippen LogP contribution in [-0.2, 0) is 14.9 Å². The monoisotopic (exact) mass is 242 g/mol. The molecule has 0 aliphatic heterocycles. The molecule has 0 aliphatic carbocycles. The Morgan fingerprint density at radius 2 is 1.62 bits per heavy atom. The third-order valence-electron chi connectivity index (χ3n) is 2.49. The largest absolute Gasteiger partial charge is 0.352 e. The van der Waals surface area contributed by atoms with E-state index >= 15 is 0 Å². The molecule has 0 N–H and O–H groups in total. The van der Waals surface area contributed by atoms with Crippen LogP contribution in [0.5, 0.6) is 0 Å². The topological polar surface area (TPSA) is 18.5 Å². The second-order valence-corrected chi connectivity index (χ2v) is 5.26. The molecular formula is C13H19ClO2. The van der Waals surface area contributed by atoms with E-state index in [-0.39, 0.29) is 11.7 Å². The van der Waals surface area contributed by atoms with Gasteiger partial charge in [0.2, 0.25) is 0 Å². The van der Waals surface area contributed by atoms with Crippen molar-refractivity contribution in [2.45, 2.75) is 32.5 Å². The standard InChI is InChI=1S/C13H19ClO2/c1-13(2,3)10-6-9(7-11(14)8-10)12(15-4)16-5/h6-8,12H,1-5H3. The molecule has 0 spiro atoms. The molecule has 0 saturated carbocycles. The van der Waals surface area contributed by atoms with Crippen LogP contribution in [0.4, 0.5) is 0 Å². The molecule has 90 valence electrons. The van der Waals surface area contributed by atoms with Gasteiger partial charge in [0.1, 0.15) is 0 Å². The molecule has 1 aromatic rings. The van der Waals surface area contributed by atoms with Crippen LogP contribution in [0.15, 0.2) is 18.2 Å². The van der Waals surface area contributed by atoms with Crippen molar-refractivity contribution in [1.82, 2.24) is 0 Å². The Morgan fingerprint density at radius 3 is 2.06 bits per heavy atom. The van der Waals surface area contributed by atoms with E-state index < -0.39 is 0 Å². The number of benzene rings is 1. The first kappa shape index (κ1) is 13.5. The fourth-order valence-corrected chi connectivity index (χ4v) is 1.79. The molecular weight excluding hydrogens is 224 g/mol. The highest BCUT2D eigenvalue weighted by Gasteiger charge is 2.18. The van der Waals surface area contributed by atoms with E-state index in [4.69, 9.17) is 21.1 Å². The predicted molar refractivity (Wildman–Crippen MR) is 66.9 cm³/mol. The van der Waals surface area contributed by atoms with Crippen molar-refractivity contribution in [2.75, 3.05) is 14.2 Å². The summed E-state index contributed by atoms with van der Waals surface area (Å²) in [6.45, 7) is 6.45. The van der Waals surface area contributed by atoms with Gasteiger partial charge in [0.05, 0.1) is 0 Å². The van der Waals surface area contributed by atoms with Crippen LogP contribution in [0.3, 0.4) is 0 Å². The normalized spacial score (nSPS) is 12.2. The minimum atomic E-state index is -0.361. The third kappa shape index (κ3) is 3.21. The van der Waals surface area contributed by atoms with E-state index in [0.29, 0.717) is 5.02 Å². The Bertz CT molecular complexity index is 351. The molecule has 0 amide bonds. The van der Waals surface area contributed by atoms with Gasteiger partial charge in [-0.05, 0) is 23.1 Å². The number of ether oxygens (including phenoxy) is 2. The maximum absolute atomic E-state index is 6.10. The van der Waals surface area contributed by atoms with Gasteiger partial charge in [-0.25, -0.2) is 0 Å². The minimum Gasteiger partial charge on any atom is -0.352 e. The number of hydrogen-bond donors (Lipinski definition) is 0. The first-order valence-corrected chi connectivity index (χ1v) is 5.63. The van der Waals surface area contributed by atoms with E-state index in [1.807, 2.05) is 12.1 Å². The lowest BCUT2D eigenvalue weighted by molar-refractivity contribution is -0.106. The second-order valence-electron chi connectivity index (χ2n) is 4.83. The predicted octanol–water partition coefficient (Wildman–Crippen LogP) is 3.93. The number of hydrogen-bond acceptors (Lipinski definition) is 2. The summed E-state index contributed by atoms with van der Waals surface area (Å²) in [5.74, 6) is 0. The van der Waals surface area contributed by atoms with E-state index in [1.54, 1.807) is 14.2 Å². The molecule has 0 fully saturated rings. The van der Waals surface area contributed by atoms with Crippen LogP contribution in [-0.4, -0.2) is 14.2 Å². The molecule has 3 heteroatoms. The van der Waals surface area contributed by atoms with Gasteiger partial charge in [0, 0.05) is 24.8 Å². The van der Waals surface area contributed by atoms with Crippen LogP contribution in [0.25, 0.3) is 0 Å². The smallest absolute Gasteiger partial charge is 0.183 e. The van der Waals surface area contributed by atoms with Crippen molar-refractivity contribution in [3.63, 3.8) is 0 Å². The first-order chi connectivity index (χ1) is 7.38. The molecule has 0 radical (unpaired) electrons. The van der Waals surface area contributed by atoms with Crippen LogP contribution in [0, 0.1) is 0 Å². The Morgan fingerprint density at radius 1 is 1.06 bits per heavy atom. The zero-order valence-electron chi connectivity index (χ0n) is 10.5. The Kier molecular flexibility index (Phi) is 4.36. The average Bonchev–Trinajstić information content (AvgIpc) is 2.17. The van der Waals surface area contributed by atoms with E-state index in [0.717, 1.165) is 5.56 Å². The lowest BCUT2D eigenvalue weighted by atomic mass is 9.86. The van der Waals surface area contributed by atoms with E-state index in [2.05, 4.69) is 26.8 Å². The van der Waals surface area contributed by atoms with Gasteiger partial charge in [-0.15, -0.1) is 0 Å². The van der Waals surface area contributed by atoms with Crippen molar-refractivity contribution in [3.05, 3.63) is 34.3 Å².